The number of hydrogen-bond donors (Lipinski definition) is 3. The van der Waals surface area contributed by atoms with Gasteiger partial charge in [0.25, 0.3) is 12.5 Å². The highest BCUT2D eigenvalue weighted by molar-refractivity contribution is 6.34. The number of aryl methyl sites for hydroxylation is 1. The molecule has 0 fully saturated rings. The summed E-state index contributed by atoms with van der Waals surface area (Å²) in [7, 11) is 0. The Balaban J connectivity index is 0.000000868. The molecular formula is C25H19ClN3O5+. The van der Waals surface area contributed by atoms with Crippen LogP contribution in [0.4, 0.5) is 0 Å². The molecule has 34 heavy (non-hydrogen) atoms. The van der Waals surface area contributed by atoms with Crippen molar-refractivity contribution in [2.75, 3.05) is 0 Å². The van der Waals surface area contributed by atoms with Crippen molar-refractivity contribution in [2.24, 2.45) is 0 Å². The number of fused-ring (bicyclic) bond motifs is 2. The summed E-state index contributed by atoms with van der Waals surface area (Å²) in [5.41, 5.74) is 4.08. The molecule has 0 aliphatic heterocycles. The first-order chi connectivity index (χ1) is 16.4. The third kappa shape index (κ3) is 4.53. The molecule has 2 heterocycles. The first kappa shape index (κ1) is 22.8. The van der Waals surface area contributed by atoms with E-state index in [0.717, 1.165) is 27.4 Å². The number of ether oxygens (including phenoxy) is 1. The quantitative estimate of drug-likeness (QED) is 0.300. The third-order valence-electron chi connectivity index (χ3n) is 5.21. The maximum absolute atomic E-state index is 11.4. The largest absolute Gasteiger partial charge is 0.483 e. The van der Waals surface area contributed by atoms with E-state index in [0.29, 0.717) is 21.9 Å². The van der Waals surface area contributed by atoms with E-state index in [1.165, 1.54) is 6.07 Å². The average Bonchev–Trinajstić information content (AvgIpc) is 3.20. The number of rotatable bonds is 4. The van der Waals surface area contributed by atoms with Gasteiger partial charge in [-0.25, -0.2) is 9.78 Å². The van der Waals surface area contributed by atoms with Crippen LogP contribution >= 0.6 is 11.6 Å². The minimum Gasteiger partial charge on any atom is -0.483 e. The predicted molar refractivity (Wildman–Crippen MR) is 128 cm³/mol. The molecule has 170 valence electrons. The van der Waals surface area contributed by atoms with Gasteiger partial charge in [-0.05, 0) is 42.8 Å². The Bertz CT molecular complexity index is 1530. The number of nitrogens with zero attached hydrogens (tertiary/aromatic N) is 1. The molecule has 0 aliphatic rings. The molecule has 0 spiro atoms. The topological polar surface area (TPSA) is 127 Å². The summed E-state index contributed by atoms with van der Waals surface area (Å²) < 4.78 is 5.79. The van der Waals surface area contributed by atoms with Gasteiger partial charge in [-0.2, -0.15) is 4.98 Å². The molecule has 0 aliphatic carbocycles. The molecule has 5 aromatic rings. The highest BCUT2D eigenvalue weighted by Gasteiger charge is 2.15. The highest BCUT2D eigenvalue weighted by atomic mass is 35.5. The molecule has 2 aromatic heterocycles. The van der Waals surface area contributed by atoms with E-state index in [2.05, 4.69) is 21.0 Å². The van der Waals surface area contributed by atoms with Gasteiger partial charge < -0.3 is 19.9 Å². The molecule has 0 unspecified atom stereocenters. The minimum absolute atomic E-state index is 0.186. The van der Waals surface area contributed by atoms with Crippen molar-refractivity contribution in [1.29, 1.82) is 0 Å². The second kappa shape index (κ2) is 9.60. The van der Waals surface area contributed by atoms with Crippen LogP contribution in [0, 0.1) is 6.92 Å². The summed E-state index contributed by atoms with van der Waals surface area (Å²) in [4.78, 5) is 30.5. The zero-order chi connectivity index (χ0) is 24.2. The molecule has 0 bridgehead atoms. The van der Waals surface area contributed by atoms with Crippen molar-refractivity contribution < 1.29 is 29.5 Å². The normalized spacial score (nSPS) is 10.5. The minimum atomic E-state index is -1.00. The van der Waals surface area contributed by atoms with Gasteiger partial charge in [0.1, 0.15) is 5.75 Å². The van der Waals surface area contributed by atoms with E-state index in [9.17, 15) is 9.90 Å². The number of halogens is 1. The number of aromatic carboxylic acids is 1. The Kier molecular flexibility index (Phi) is 6.42. The van der Waals surface area contributed by atoms with Gasteiger partial charge >= 0.3 is 5.97 Å². The fourth-order valence-electron chi connectivity index (χ4n) is 3.65. The van der Waals surface area contributed by atoms with Gasteiger partial charge in [0.2, 0.25) is 0 Å². The van der Waals surface area contributed by atoms with Gasteiger partial charge in [0, 0.05) is 16.3 Å². The van der Waals surface area contributed by atoms with Crippen molar-refractivity contribution >= 4 is 45.8 Å². The van der Waals surface area contributed by atoms with Gasteiger partial charge in [0.05, 0.1) is 27.2 Å². The van der Waals surface area contributed by atoms with Crippen LogP contribution < -0.4 is 9.72 Å². The van der Waals surface area contributed by atoms with E-state index in [1.54, 1.807) is 19.1 Å². The Labute approximate surface area is 198 Å². The molecule has 4 N–H and O–H groups in total. The second-order valence-corrected chi connectivity index (χ2v) is 7.74. The lowest BCUT2D eigenvalue weighted by molar-refractivity contribution is -0.375. The summed E-state index contributed by atoms with van der Waals surface area (Å²) in [5.74, 6) is -0.618. The fourth-order valence-corrected chi connectivity index (χ4v) is 3.92. The Hall–Kier alpha value is -4.43. The molecular weight excluding hydrogens is 458 g/mol. The lowest BCUT2D eigenvalue weighted by Gasteiger charge is -2.05. The summed E-state index contributed by atoms with van der Waals surface area (Å²) in [5, 5.41) is 18.9. The lowest BCUT2D eigenvalue weighted by Crippen LogP contribution is -2.00. The van der Waals surface area contributed by atoms with Crippen LogP contribution in [0.3, 0.4) is 0 Å². The fraction of sp³-hybridized carbons (Fsp3) is 0.0400. The average molecular weight is 477 g/mol. The molecule has 9 heteroatoms. The number of aromatic nitrogens is 3. The third-order valence-corrected chi connectivity index (χ3v) is 5.52. The predicted octanol–water partition coefficient (Wildman–Crippen LogP) is 5.35. The number of pyridine rings is 1. The molecule has 0 radical (unpaired) electrons. The number of carbonyl (C=O) groups is 2. The van der Waals surface area contributed by atoms with Crippen LogP contribution in [0.2, 0.25) is 5.02 Å². The molecule has 0 amide bonds. The number of nitrogens with one attached hydrogen (secondary N) is 2. The number of carboxylic acids is 1. The zero-order valence-corrected chi connectivity index (χ0v) is 18.6. The van der Waals surface area contributed by atoms with Crippen LogP contribution in [0.5, 0.6) is 11.8 Å². The van der Waals surface area contributed by atoms with Crippen molar-refractivity contribution in [3.8, 4) is 22.9 Å². The van der Waals surface area contributed by atoms with Gasteiger partial charge in [-0.3, -0.25) is 4.79 Å². The van der Waals surface area contributed by atoms with Crippen LogP contribution in [0.1, 0.15) is 15.9 Å². The van der Waals surface area contributed by atoms with Crippen LogP contribution in [0.25, 0.3) is 32.9 Å². The molecule has 8 nitrogen and oxygen atoms in total. The summed E-state index contributed by atoms with van der Waals surface area (Å²) in [6, 6.07) is 16.9. The van der Waals surface area contributed by atoms with E-state index in [1.807, 2.05) is 42.7 Å². The first-order valence-corrected chi connectivity index (χ1v) is 10.5. The van der Waals surface area contributed by atoms with Crippen molar-refractivity contribution in [2.45, 2.75) is 6.92 Å². The van der Waals surface area contributed by atoms with Gasteiger partial charge in [-0.15, -0.1) is 0 Å². The van der Waals surface area contributed by atoms with E-state index in [-0.39, 0.29) is 18.0 Å². The standard InChI is InChI=1S/C24H16ClN3O3.CH2O2/c1-13-6-7-15(8-17(13)23(29)30)31-24-27-21-9-18(20(25)10-22(21)28-24)19-12-26-11-14-4-2-3-5-16(14)19;2-1-3/h2-12H,1H3,(H,27,28)(H,29,30);1H,(H,2,3)/p+1. The number of H-pyrrole nitrogens is 2. The smallest absolute Gasteiger partial charge is 0.336 e. The molecule has 0 saturated heterocycles. The highest BCUT2D eigenvalue weighted by Crippen LogP contribution is 2.35. The van der Waals surface area contributed by atoms with Crippen LogP contribution in [-0.2, 0) is 4.79 Å². The van der Waals surface area contributed by atoms with E-state index in [4.69, 9.17) is 26.2 Å². The number of benzene rings is 3. The molecule has 5 rings (SSSR count). The number of hydrogen-bond acceptors (Lipinski definition) is 4. The first-order valence-electron chi connectivity index (χ1n) is 10.1. The number of carboxylic acid groups (broad SMARTS) is 2. The number of aromatic amines is 2. The number of imidazole rings is 1. The molecule has 3 aromatic carbocycles. The van der Waals surface area contributed by atoms with Crippen molar-refractivity contribution in [1.82, 2.24) is 9.97 Å². The summed E-state index contributed by atoms with van der Waals surface area (Å²) in [6.45, 7) is 1.49. The van der Waals surface area contributed by atoms with Crippen molar-refractivity contribution in [3.05, 3.63) is 83.1 Å². The van der Waals surface area contributed by atoms with Crippen molar-refractivity contribution in [3.63, 3.8) is 0 Å². The van der Waals surface area contributed by atoms with Crippen LogP contribution in [0.15, 0.2) is 67.0 Å². The van der Waals surface area contributed by atoms with E-state index >= 15 is 0 Å². The summed E-state index contributed by atoms with van der Waals surface area (Å²) >= 11 is 6.61. The monoisotopic (exact) mass is 476 g/mol. The summed E-state index contributed by atoms with van der Waals surface area (Å²) in [6.07, 6.45) is 3.86. The molecule has 0 atom stereocenters. The Morgan fingerprint density at radius 3 is 2.65 bits per heavy atom. The zero-order valence-electron chi connectivity index (χ0n) is 17.9. The Morgan fingerprint density at radius 2 is 1.88 bits per heavy atom. The maximum atomic E-state index is 11.4. The van der Waals surface area contributed by atoms with Gasteiger partial charge in [0.15, 0.2) is 12.4 Å². The van der Waals surface area contributed by atoms with E-state index < -0.39 is 5.97 Å². The second-order valence-electron chi connectivity index (χ2n) is 7.34. The maximum Gasteiger partial charge on any atom is 0.336 e. The van der Waals surface area contributed by atoms with Gasteiger partial charge in [-0.1, -0.05) is 35.9 Å². The van der Waals surface area contributed by atoms with Crippen LogP contribution in [-0.4, -0.2) is 32.6 Å². The Morgan fingerprint density at radius 1 is 1.12 bits per heavy atom. The molecule has 0 saturated carbocycles. The lowest BCUT2D eigenvalue weighted by atomic mass is 10.0. The SMILES string of the molecule is Cc1ccc(Oc2nc3cc(-c4c[nH+]cc5ccccc45)c(Cl)cc3[nH]2)cc1C(=O)O.O=CO.